The molecule has 2 N–H and O–H groups in total. The van der Waals surface area contributed by atoms with Crippen LogP contribution in [0.15, 0.2) is 35.1 Å². The van der Waals surface area contributed by atoms with Gasteiger partial charge in [-0.25, -0.2) is 4.79 Å². The monoisotopic (exact) mass is 470 g/mol. The van der Waals surface area contributed by atoms with E-state index in [1.807, 2.05) is 6.92 Å². The number of halogens is 3. The summed E-state index contributed by atoms with van der Waals surface area (Å²) >= 11 is 12.5. The van der Waals surface area contributed by atoms with Crippen molar-refractivity contribution in [2.75, 3.05) is 19.6 Å². The normalized spacial score (nSPS) is 11.1. The molecule has 0 aliphatic rings. The smallest absolute Gasteiger partial charge is 0.333 e. The van der Waals surface area contributed by atoms with Crippen molar-refractivity contribution in [3.8, 4) is 5.69 Å². The molecule has 2 aromatic carbocycles. The third-order valence-corrected chi connectivity index (χ3v) is 5.72. The van der Waals surface area contributed by atoms with Gasteiger partial charge in [0.1, 0.15) is 0 Å². The highest BCUT2D eigenvalue weighted by atomic mass is 35.5. The van der Waals surface area contributed by atoms with Crippen molar-refractivity contribution in [2.45, 2.75) is 27.3 Å². The van der Waals surface area contributed by atoms with Crippen molar-refractivity contribution in [3.63, 3.8) is 0 Å². The van der Waals surface area contributed by atoms with Crippen molar-refractivity contribution < 1.29 is 4.79 Å². The second-order valence-electron chi connectivity index (χ2n) is 6.92. The maximum Gasteiger partial charge on any atom is 0.333 e. The molecular formula is C21H25Cl3N4O2. The topological polar surface area (TPSA) is 73.3 Å². The molecule has 0 atom stereocenters. The Morgan fingerprint density at radius 3 is 2.37 bits per heavy atom. The minimum absolute atomic E-state index is 0. The molecule has 9 heteroatoms. The first-order valence-electron chi connectivity index (χ1n) is 9.51. The van der Waals surface area contributed by atoms with E-state index in [4.69, 9.17) is 28.9 Å². The lowest BCUT2D eigenvalue weighted by Crippen LogP contribution is -2.31. The summed E-state index contributed by atoms with van der Waals surface area (Å²) in [6.45, 7) is 8.98. The highest BCUT2D eigenvalue weighted by molar-refractivity contribution is 6.35. The first-order chi connectivity index (χ1) is 13.8. The molecular weight excluding hydrogens is 447 g/mol. The van der Waals surface area contributed by atoms with E-state index >= 15 is 0 Å². The Kier molecular flexibility index (Phi) is 7.99. The Balaban J connectivity index is 0.00000320. The van der Waals surface area contributed by atoms with Crippen molar-refractivity contribution in [3.05, 3.63) is 62.0 Å². The maximum atomic E-state index is 13.4. The highest BCUT2D eigenvalue weighted by Gasteiger charge is 2.20. The van der Waals surface area contributed by atoms with E-state index in [9.17, 15) is 9.59 Å². The number of imidazole rings is 1. The highest BCUT2D eigenvalue weighted by Crippen LogP contribution is 2.29. The zero-order valence-electron chi connectivity index (χ0n) is 17.1. The van der Waals surface area contributed by atoms with Gasteiger partial charge in [0.15, 0.2) is 0 Å². The number of rotatable bonds is 7. The number of carbonyl (C=O) groups excluding carboxylic acids is 1. The third kappa shape index (κ3) is 4.52. The number of primary amides is 1. The molecule has 30 heavy (non-hydrogen) atoms. The van der Waals surface area contributed by atoms with Crippen LogP contribution in [0.4, 0.5) is 0 Å². The van der Waals surface area contributed by atoms with E-state index in [-0.39, 0.29) is 18.1 Å². The van der Waals surface area contributed by atoms with Gasteiger partial charge in [-0.15, -0.1) is 12.4 Å². The molecule has 0 unspecified atom stereocenters. The van der Waals surface area contributed by atoms with Crippen molar-refractivity contribution in [1.29, 1.82) is 0 Å². The average Bonchev–Trinajstić information content (AvgIpc) is 2.95. The van der Waals surface area contributed by atoms with Crippen LogP contribution >= 0.6 is 35.6 Å². The molecule has 1 aromatic heterocycles. The Bertz CT molecular complexity index is 1130. The van der Waals surface area contributed by atoms with Gasteiger partial charge < -0.3 is 10.6 Å². The number of nitrogens with zero attached hydrogens (tertiary/aromatic N) is 3. The summed E-state index contributed by atoms with van der Waals surface area (Å²) in [4.78, 5) is 27.5. The molecule has 0 spiro atoms. The molecule has 162 valence electrons. The molecule has 0 radical (unpaired) electrons. The Hall–Kier alpha value is -1.99. The maximum absolute atomic E-state index is 13.4. The van der Waals surface area contributed by atoms with Gasteiger partial charge in [-0.1, -0.05) is 37.0 Å². The van der Waals surface area contributed by atoms with E-state index < -0.39 is 5.91 Å². The molecule has 0 saturated carbocycles. The summed E-state index contributed by atoms with van der Waals surface area (Å²) in [5.74, 6) is -0.532. The standard InChI is InChI=1S/C21H24Cl2N4O2.ClH/c1-4-25(5-2)8-9-26-18-11-14(20(24)28)10-13(3)19(18)27(21(26)29)17-7-6-15(22)12-16(17)23;/h6-7,10-12H,4-5,8-9H2,1-3H3,(H2,24,28);1H. The van der Waals surface area contributed by atoms with Crippen molar-refractivity contribution >= 4 is 52.5 Å². The van der Waals surface area contributed by atoms with E-state index in [1.165, 1.54) is 0 Å². The lowest BCUT2D eigenvalue weighted by Gasteiger charge is -2.18. The minimum atomic E-state index is -0.532. The number of hydrogen-bond acceptors (Lipinski definition) is 3. The molecule has 0 fully saturated rings. The average molecular weight is 472 g/mol. The first kappa shape index (κ1) is 24.3. The van der Waals surface area contributed by atoms with Crippen LogP contribution in [-0.4, -0.2) is 39.6 Å². The number of hydrogen-bond donors (Lipinski definition) is 1. The Morgan fingerprint density at radius 1 is 1.13 bits per heavy atom. The first-order valence-corrected chi connectivity index (χ1v) is 10.3. The molecule has 0 aliphatic carbocycles. The second kappa shape index (κ2) is 9.88. The van der Waals surface area contributed by atoms with Crippen LogP contribution in [0, 0.1) is 6.92 Å². The Morgan fingerprint density at radius 2 is 1.80 bits per heavy atom. The van der Waals surface area contributed by atoms with Crippen LogP contribution in [0.5, 0.6) is 0 Å². The molecule has 3 aromatic rings. The van der Waals surface area contributed by atoms with Gasteiger partial charge in [-0.05, 0) is 55.9 Å². The molecule has 1 amide bonds. The number of benzene rings is 2. The van der Waals surface area contributed by atoms with Crippen LogP contribution in [0.1, 0.15) is 29.8 Å². The molecule has 1 heterocycles. The van der Waals surface area contributed by atoms with Crippen LogP contribution in [0.2, 0.25) is 10.0 Å². The van der Waals surface area contributed by atoms with Gasteiger partial charge in [-0.3, -0.25) is 13.9 Å². The summed E-state index contributed by atoms with van der Waals surface area (Å²) in [7, 11) is 0. The summed E-state index contributed by atoms with van der Waals surface area (Å²) < 4.78 is 3.26. The van der Waals surface area contributed by atoms with E-state index in [0.29, 0.717) is 45.4 Å². The van der Waals surface area contributed by atoms with E-state index in [0.717, 1.165) is 18.7 Å². The Labute approximate surface area is 191 Å². The second-order valence-corrected chi connectivity index (χ2v) is 7.76. The van der Waals surface area contributed by atoms with Gasteiger partial charge in [0, 0.05) is 23.7 Å². The zero-order chi connectivity index (χ0) is 21.3. The number of amides is 1. The van der Waals surface area contributed by atoms with E-state index in [1.54, 1.807) is 39.5 Å². The third-order valence-electron chi connectivity index (χ3n) is 5.19. The molecule has 0 bridgehead atoms. The summed E-state index contributed by atoms with van der Waals surface area (Å²) in [5, 5.41) is 0.866. The number of aromatic nitrogens is 2. The van der Waals surface area contributed by atoms with Crippen LogP contribution in [0.25, 0.3) is 16.7 Å². The zero-order valence-corrected chi connectivity index (χ0v) is 19.4. The van der Waals surface area contributed by atoms with Gasteiger partial charge >= 0.3 is 5.69 Å². The molecule has 0 aliphatic heterocycles. The van der Waals surface area contributed by atoms with Gasteiger partial charge in [0.05, 0.1) is 21.7 Å². The number of nitrogens with two attached hydrogens (primary N) is 1. The summed E-state index contributed by atoms with van der Waals surface area (Å²) in [5.41, 5.74) is 8.32. The minimum Gasteiger partial charge on any atom is -0.366 e. The van der Waals surface area contributed by atoms with E-state index in [2.05, 4.69) is 18.7 Å². The van der Waals surface area contributed by atoms with Crippen molar-refractivity contribution in [1.82, 2.24) is 14.0 Å². The fourth-order valence-corrected chi connectivity index (χ4v) is 4.10. The fourth-order valence-electron chi connectivity index (χ4n) is 3.60. The predicted octanol–water partition coefficient (Wildman–Crippen LogP) is 4.27. The molecule has 3 rings (SSSR count). The van der Waals surface area contributed by atoms with Crippen molar-refractivity contribution in [2.24, 2.45) is 5.73 Å². The van der Waals surface area contributed by atoms with Gasteiger partial charge in [-0.2, -0.15) is 0 Å². The number of fused-ring (bicyclic) bond motifs is 1. The fraction of sp³-hybridized carbons (Fsp3) is 0.333. The van der Waals surface area contributed by atoms with Gasteiger partial charge in [0.2, 0.25) is 5.91 Å². The largest absolute Gasteiger partial charge is 0.366 e. The van der Waals surface area contributed by atoms with Crippen LogP contribution < -0.4 is 11.4 Å². The van der Waals surface area contributed by atoms with Crippen LogP contribution in [0.3, 0.4) is 0 Å². The molecule has 6 nitrogen and oxygen atoms in total. The van der Waals surface area contributed by atoms with Gasteiger partial charge in [0.25, 0.3) is 0 Å². The summed E-state index contributed by atoms with van der Waals surface area (Å²) in [6, 6.07) is 8.40. The molecule has 0 saturated heterocycles. The SMILES string of the molecule is CCN(CC)CCn1c(=O)n(-c2ccc(Cl)cc2Cl)c2c(C)cc(C(N)=O)cc21.Cl. The quantitative estimate of drug-likeness (QED) is 0.559. The number of aryl methyl sites for hydroxylation is 1. The number of carbonyl (C=O) groups is 1. The predicted molar refractivity (Wildman–Crippen MR) is 126 cm³/mol. The summed E-state index contributed by atoms with van der Waals surface area (Å²) in [6.07, 6.45) is 0. The number of likely N-dealkylation sites (N-methyl/N-ethyl adjacent to an activating group) is 1. The lowest BCUT2D eigenvalue weighted by molar-refractivity contribution is 0.100. The lowest BCUT2D eigenvalue weighted by atomic mass is 10.1. The van der Waals surface area contributed by atoms with Crippen LogP contribution in [-0.2, 0) is 6.54 Å².